The average molecular weight is 358 g/mol. The molecule has 1 fully saturated rings. The molecule has 0 radical (unpaired) electrons. The molecule has 2 aromatic carbocycles. The predicted octanol–water partition coefficient (Wildman–Crippen LogP) is 3.15. The van der Waals surface area contributed by atoms with Gasteiger partial charge in [0.2, 0.25) is 0 Å². The Kier molecular flexibility index (Phi) is 4.69. The Morgan fingerprint density at radius 3 is 2.46 bits per heavy atom. The Morgan fingerprint density at radius 1 is 1.08 bits per heavy atom. The summed E-state index contributed by atoms with van der Waals surface area (Å²) in [6, 6.07) is 10.4. The highest BCUT2D eigenvalue weighted by molar-refractivity contribution is 7.81. The largest absolute Gasteiger partial charge is 0.508 e. The van der Waals surface area contributed by atoms with Crippen LogP contribution in [0.2, 0.25) is 0 Å². The molecule has 0 spiro atoms. The van der Waals surface area contributed by atoms with Gasteiger partial charge in [-0.1, -0.05) is 18.2 Å². The number of piperazine rings is 1. The number of likely N-dealkylation sites (N-methyl/N-ethyl adjacent to an activating group) is 1. The minimum Gasteiger partial charge on any atom is -0.394 e. The highest BCUT2D eigenvalue weighted by Gasteiger charge is 2.40. The topological polar surface area (TPSA) is 32.8 Å². The number of rotatable bonds is 3. The van der Waals surface area contributed by atoms with Crippen LogP contribution in [0.3, 0.4) is 0 Å². The summed E-state index contributed by atoms with van der Waals surface area (Å²) in [5.41, 5.74) is -3.95. The molecule has 8 heteroatoms. The van der Waals surface area contributed by atoms with Crippen molar-refractivity contribution in [1.82, 2.24) is 4.90 Å². The van der Waals surface area contributed by atoms with Gasteiger partial charge in [0.1, 0.15) is 5.75 Å². The van der Waals surface area contributed by atoms with E-state index in [0.29, 0.717) is 0 Å². The molecule has 1 aliphatic heterocycles. The summed E-state index contributed by atoms with van der Waals surface area (Å²) in [6.07, 6.45) is 0. The molecule has 1 unspecified atom stereocenters. The molecule has 2 aromatic rings. The van der Waals surface area contributed by atoms with Gasteiger partial charge >= 0.3 is 16.6 Å². The minimum absolute atomic E-state index is 0.0558. The van der Waals surface area contributed by atoms with E-state index >= 15 is 0 Å². The zero-order chi connectivity index (χ0) is 17.3. The molecule has 1 aliphatic rings. The number of hydrogen-bond acceptors (Lipinski definition) is 4. The lowest BCUT2D eigenvalue weighted by Gasteiger charge is -2.34. The quantitative estimate of drug-likeness (QED) is 0.844. The summed E-state index contributed by atoms with van der Waals surface area (Å²) in [5, 5.41) is 1.69. The average Bonchev–Trinajstić information content (AvgIpc) is 2.54. The Morgan fingerprint density at radius 2 is 1.79 bits per heavy atom. The predicted molar refractivity (Wildman–Crippen MR) is 88.5 cm³/mol. The summed E-state index contributed by atoms with van der Waals surface area (Å²) < 4.78 is 53.0. The lowest BCUT2D eigenvalue weighted by atomic mass is 10.1. The number of alkyl halides is 3. The first-order valence-corrected chi connectivity index (χ1v) is 8.55. The number of benzene rings is 2. The lowest BCUT2D eigenvalue weighted by molar-refractivity contribution is -0.0437. The van der Waals surface area contributed by atoms with Gasteiger partial charge in [0, 0.05) is 37.3 Å². The third kappa shape index (κ3) is 3.64. The van der Waals surface area contributed by atoms with Crippen LogP contribution in [0.1, 0.15) is 0 Å². The third-order valence-corrected chi connectivity index (χ3v) is 4.76. The van der Waals surface area contributed by atoms with E-state index < -0.39 is 16.6 Å². The number of anilines is 1. The van der Waals surface area contributed by atoms with Crippen LogP contribution in [0.25, 0.3) is 10.8 Å². The van der Waals surface area contributed by atoms with Gasteiger partial charge in [-0.2, -0.15) is 13.2 Å². The Labute approximate surface area is 140 Å². The fourth-order valence-corrected chi connectivity index (χ4v) is 3.12. The van der Waals surface area contributed by atoms with E-state index in [1.165, 1.54) is 12.1 Å². The van der Waals surface area contributed by atoms with Crippen LogP contribution in [0.4, 0.5) is 18.9 Å². The molecule has 130 valence electrons. The van der Waals surface area contributed by atoms with Crippen LogP contribution in [0.5, 0.6) is 5.75 Å². The molecule has 0 saturated carbocycles. The molecule has 1 saturated heterocycles. The fraction of sp³-hybridized carbons (Fsp3) is 0.375. The molecule has 3 rings (SSSR count). The summed E-state index contributed by atoms with van der Waals surface area (Å²) in [4.78, 5) is 4.43. The van der Waals surface area contributed by atoms with Crippen LogP contribution in [-0.2, 0) is 11.1 Å². The fourth-order valence-electron chi connectivity index (χ4n) is 2.74. The van der Waals surface area contributed by atoms with Crippen molar-refractivity contribution < 1.29 is 21.6 Å². The van der Waals surface area contributed by atoms with Crippen molar-refractivity contribution in [3.8, 4) is 5.75 Å². The first-order chi connectivity index (χ1) is 11.3. The maximum atomic E-state index is 12.4. The molecule has 0 aromatic heterocycles. The molecule has 0 amide bonds. The zero-order valence-corrected chi connectivity index (χ0v) is 13.9. The first kappa shape index (κ1) is 17.0. The second kappa shape index (κ2) is 6.60. The van der Waals surface area contributed by atoms with Gasteiger partial charge in [-0.3, -0.25) is 0 Å². The number of hydrogen-bond donors (Lipinski definition) is 0. The van der Waals surface area contributed by atoms with E-state index in [2.05, 4.69) is 21.0 Å². The Hall–Kier alpha value is -1.80. The number of fused-ring (bicyclic) bond motifs is 1. The minimum atomic E-state index is -4.90. The van der Waals surface area contributed by atoms with Crippen LogP contribution in [-0.4, -0.2) is 47.8 Å². The van der Waals surface area contributed by atoms with Gasteiger partial charge in [-0.25, -0.2) is 4.21 Å². The summed E-state index contributed by atoms with van der Waals surface area (Å²) in [7, 11) is 2.05. The SMILES string of the molecule is CN1CCN(c2cccc3ccc(OS(=O)C(F)(F)F)cc23)CC1. The second-order valence-electron chi connectivity index (χ2n) is 5.71. The van der Waals surface area contributed by atoms with E-state index in [4.69, 9.17) is 0 Å². The van der Waals surface area contributed by atoms with Crippen LogP contribution < -0.4 is 9.08 Å². The van der Waals surface area contributed by atoms with Crippen LogP contribution >= 0.6 is 0 Å². The second-order valence-corrected chi connectivity index (χ2v) is 6.81. The first-order valence-electron chi connectivity index (χ1n) is 7.48. The summed E-state index contributed by atoms with van der Waals surface area (Å²) in [5.74, 6) is -0.0558. The Balaban J connectivity index is 1.93. The molecular weight excluding hydrogens is 341 g/mol. The van der Waals surface area contributed by atoms with E-state index in [9.17, 15) is 17.4 Å². The summed E-state index contributed by atoms with van der Waals surface area (Å²) in [6.45, 7) is 3.53. The number of nitrogens with zero attached hydrogens (tertiary/aromatic N) is 2. The van der Waals surface area contributed by atoms with Crippen molar-refractivity contribution in [3.63, 3.8) is 0 Å². The van der Waals surface area contributed by atoms with Gasteiger partial charge in [0.15, 0.2) is 0 Å². The monoisotopic (exact) mass is 358 g/mol. The van der Waals surface area contributed by atoms with Gasteiger partial charge in [-0.15, -0.1) is 0 Å². The van der Waals surface area contributed by atoms with Gasteiger partial charge < -0.3 is 14.0 Å². The summed E-state index contributed by atoms with van der Waals surface area (Å²) >= 11 is -3.37. The molecular formula is C16H17F3N2O2S. The molecule has 4 nitrogen and oxygen atoms in total. The van der Waals surface area contributed by atoms with Crippen molar-refractivity contribution in [2.75, 3.05) is 38.1 Å². The smallest absolute Gasteiger partial charge is 0.394 e. The van der Waals surface area contributed by atoms with Crippen molar-refractivity contribution >= 4 is 27.5 Å². The normalized spacial score (nSPS) is 17.9. The molecule has 24 heavy (non-hydrogen) atoms. The number of halogens is 3. The van der Waals surface area contributed by atoms with E-state index in [0.717, 1.165) is 42.6 Å². The maximum Gasteiger partial charge on any atom is 0.508 e. The van der Waals surface area contributed by atoms with Gasteiger partial charge in [0.05, 0.1) is 0 Å². The third-order valence-electron chi connectivity index (χ3n) is 4.04. The van der Waals surface area contributed by atoms with Crippen LogP contribution in [0, 0.1) is 0 Å². The van der Waals surface area contributed by atoms with E-state index in [1.54, 1.807) is 6.07 Å². The van der Waals surface area contributed by atoms with Crippen molar-refractivity contribution in [1.29, 1.82) is 0 Å². The van der Waals surface area contributed by atoms with Crippen molar-refractivity contribution in [3.05, 3.63) is 36.4 Å². The lowest BCUT2D eigenvalue weighted by Crippen LogP contribution is -2.44. The molecule has 1 heterocycles. The molecule has 1 atom stereocenters. The molecule has 0 bridgehead atoms. The molecule has 0 aliphatic carbocycles. The highest BCUT2D eigenvalue weighted by atomic mass is 32.2. The standard InChI is InChI=1S/C16H17F3N2O2S/c1-20-7-9-21(10-8-20)15-4-2-3-12-5-6-13(11-14(12)15)23-24(22)16(17,18)19/h2-6,11H,7-10H2,1H3. The molecule has 0 N–H and O–H groups in total. The van der Waals surface area contributed by atoms with E-state index in [-0.39, 0.29) is 5.75 Å². The Bertz CT molecular complexity index is 759. The maximum absolute atomic E-state index is 12.4. The zero-order valence-electron chi connectivity index (χ0n) is 13.0. The van der Waals surface area contributed by atoms with Gasteiger partial charge in [-0.05, 0) is 30.6 Å². The van der Waals surface area contributed by atoms with Crippen molar-refractivity contribution in [2.45, 2.75) is 5.51 Å². The van der Waals surface area contributed by atoms with Gasteiger partial charge in [0.25, 0.3) is 0 Å². The van der Waals surface area contributed by atoms with Crippen LogP contribution in [0.15, 0.2) is 36.4 Å². The van der Waals surface area contributed by atoms with Crippen molar-refractivity contribution in [2.24, 2.45) is 0 Å². The highest BCUT2D eigenvalue weighted by Crippen LogP contribution is 2.32. The van der Waals surface area contributed by atoms with E-state index in [1.807, 2.05) is 18.2 Å².